The molecule has 0 atom stereocenters. The fraction of sp³-hybridized carbons (Fsp3) is 0. The first-order chi connectivity index (χ1) is 11.7. The van der Waals surface area contributed by atoms with E-state index in [4.69, 9.17) is 4.42 Å². The summed E-state index contributed by atoms with van der Waals surface area (Å²) < 4.78 is 6.21. The van der Waals surface area contributed by atoms with Crippen LogP contribution in [0.2, 0.25) is 0 Å². The number of aliphatic imine (C=N–C) groups is 1. The van der Waals surface area contributed by atoms with Gasteiger partial charge in [0.1, 0.15) is 17.3 Å². The van der Waals surface area contributed by atoms with Gasteiger partial charge in [-0.1, -0.05) is 28.1 Å². The van der Waals surface area contributed by atoms with Crippen LogP contribution in [0, 0.1) is 0 Å². The summed E-state index contributed by atoms with van der Waals surface area (Å²) in [5, 5.41) is 2.41. The van der Waals surface area contributed by atoms with Gasteiger partial charge in [-0.05, 0) is 24.3 Å². The maximum atomic E-state index is 12.9. The summed E-state index contributed by atoms with van der Waals surface area (Å²) in [7, 11) is 0. The molecule has 0 aliphatic carbocycles. The van der Waals surface area contributed by atoms with E-state index < -0.39 is 0 Å². The highest BCUT2D eigenvalue weighted by atomic mass is 79.9. The number of amidine groups is 1. The minimum absolute atomic E-state index is 0.226. The molecule has 0 saturated carbocycles. The number of carbonyl (C=O) groups excluding carboxylic acids is 1. The summed E-state index contributed by atoms with van der Waals surface area (Å²) in [5.74, 6) is 0.905. The molecule has 0 spiro atoms. The summed E-state index contributed by atoms with van der Waals surface area (Å²) in [6, 6.07) is 11.2. The van der Waals surface area contributed by atoms with Crippen LogP contribution in [0.4, 0.5) is 5.13 Å². The van der Waals surface area contributed by atoms with Crippen molar-refractivity contribution in [1.29, 1.82) is 0 Å². The number of furan rings is 1. The molecule has 2 aromatic heterocycles. The molecule has 1 aliphatic heterocycles. The standard InChI is InChI=1S/C17H10BrN3O2S/c18-12-4-1-3-11(9-12)15-20-14(10-13-5-2-7-23-13)16(22)21(15)17-19-6-8-24-17/h1-10H/b14-10+. The van der Waals surface area contributed by atoms with Crippen LogP contribution in [0.25, 0.3) is 6.08 Å². The highest BCUT2D eigenvalue weighted by molar-refractivity contribution is 9.10. The third kappa shape index (κ3) is 2.72. The molecule has 0 bridgehead atoms. The molecule has 0 unspecified atom stereocenters. The molecular formula is C17H10BrN3O2S. The zero-order valence-electron chi connectivity index (χ0n) is 12.2. The van der Waals surface area contributed by atoms with E-state index in [1.165, 1.54) is 16.2 Å². The molecule has 0 saturated heterocycles. The lowest BCUT2D eigenvalue weighted by Crippen LogP contribution is -2.32. The van der Waals surface area contributed by atoms with Crippen molar-refractivity contribution >= 4 is 50.2 Å². The highest BCUT2D eigenvalue weighted by Gasteiger charge is 2.34. The van der Waals surface area contributed by atoms with Crippen LogP contribution in [-0.2, 0) is 4.79 Å². The topological polar surface area (TPSA) is 58.7 Å². The molecule has 24 heavy (non-hydrogen) atoms. The Morgan fingerprint density at radius 3 is 2.88 bits per heavy atom. The lowest BCUT2D eigenvalue weighted by molar-refractivity contribution is -0.113. The Bertz CT molecular complexity index is 946. The van der Waals surface area contributed by atoms with E-state index in [-0.39, 0.29) is 5.91 Å². The van der Waals surface area contributed by atoms with Crippen molar-refractivity contribution in [2.75, 3.05) is 4.90 Å². The number of halogens is 1. The van der Waals surface area contributed by atoms with Gasteiger partial charge in [-0.3, -0.25) is 4.79 Å². The van der Waals surface area contributed by atoms with Crippen LogP contribution >= 0.6 is 27.3 Å². The molecule has 5 nitrogen and oxygen atoms in total. The molecule has 1 aliphatic rings. The molecule has 1 aromatic carbocycles. The predicted octanol–water partition coefficient (Wildman–Crippen LogP) is 4.33. The second kappa shape index (κ2) is 6.18. The third-order valence-electron chi connectivity index (χ3n) is 3.38. The number of anilines is 1. The molecular weight excluding hydrogens is 390 g/mol. The second-order valence-electron chi connectivity index (χ2n) is 4.95. The van der Waals surface area contributed by atoms with Crippen LogP contribution in [0.3, 0.4) is 0 Å². The number of aromatic nitrogens is 1. The Balaban J connectivity index is 1.84. The molecule has 0 radical (unpaired) electrons. The summed E-state index contributed by atoms with van der Waals surface area (Å²) >= 11 is 4.84. The van der Waals surface area contributed by atoms with Gasteiger partial charge in [-0.15, -0.1) is 11.3 Å². The van der Waals surface area contributed by atoms with Gasteiger partial charge in [0.2, 0.25) is 0 Å². The van der Waals surface area contributed by atoms with Crippen LogP contribution in [-0.4, -0.2) is 16.7 Å². The fourth-order valence-electron chi connectivity index (χ4n) is 2.35. The summed E-state index contributed by atoms with van der Waals surface area (Å²) in [6.45, 7) is 0. The van der Waals surface area contributed by atoms with E-state index >= 15 is 0 Å². The van der Waals surface area contributed by atoms with E-state index in [1.807, 2.05) is 29.6 Å². The molecule has 4 rings (SSSR count). The molecule has 0 fully saturated rings. The van der Waals surface area contributed by atoms with Crippen LogP contribution in [0.5, 0.6) is 0 Å². The van der Waals surface area contributed by atoms with Gasteiger partial charge in [0, 0.05) is 27.7 Å². The van der Waals surface area contributed by atoms with Crippen molar-refractivity contribution in [3.05, 3.63) is 75.7 Å². The average Bonchev–Trinajstić information content (AvgIpc) is 3.30. The number of nitrogens with zero attached hydrogens (tertiary/aromatic N) is 3. The maximum Gasteiger partial charge on any atom is 0.284 e. The fourth-order valence-corrected chi connectivity index (χ4v) is 3.39. The monoisotopic (exact) mass is 399 g/mol. The van der Waals surface area contributed by atoms with E-state index in [0.29, 0.717) is 22.4 Å². The van der Waals surface area contributed by atoms with Gasteiger partial charge < -0.3 is 4.42 Å². The number of amides is 1. The van der Waals surface area contributed by atoms with Gasteiger partial charge in [0.05, 0.1) is 6.26 Å². The van der Waals surface area contributed by atoms with E-state index in [9.17, 15) is 4.79 Å². The Kier molecular flexibility index (Phi) is 3.87. The van der Waals surface area contributed by atoms with Crippen molar-refractivity contribution in [2.24, 2.45) is 4.99 Å². The molecule has 3 heterocycles. The summed E-state index contributed by atoms with van der Waals surface area (Å²) in [5.41, 5.74) is 1.14. The van der Waals surface area contributed by atoms with E-state index in [1.54, 1.807) is 30.7 Å². The van der Waals surface area contributed by atoms with Crippen molar-refractivity contribution < 1.29 is 9.21 Å². The van der Waals surface area contributed by atoms with E-state index in [2.05, 4.69) is 25.9 Å². The first-order valence-electron chi connectivity index (χ1n) is 7.06. The largest absolute Gasteiger partial charge is 0.465 e. The van der Waals surface area contributed by atoms with Gasteiger partial charge >= 0.3 is 0 Å². The minimum Gasteiger partial charge on any atom is -0.465 e. The van der Waals surface area contributed by atoms with Gasteiger partial charge in [-0.2, -0.15) is 0 Å². The van der Waals surface area contributed by atoms with Crippen LogP contribution < -0.4 is 4.90 Å². The number of benzene rings is 1. The zero-order valence-corrected chi connectivity index (χ0v) is 14.6. The first-order valence-corrected chi connectivity index (χ1v) is 8.73. The first kappa shape index (κ1) is 15.0. The van der Waals surface area contributed by atoms with Crippen molar-refractivity contribution in [1.82, 2.24) is 4.98 Å². The summed E-state index contributed by atoms with van der Waals surface area (Å²) in [4.78, 5) is 23.2. The SMILES string of the molecule is O=C1/C(=C\c2ccco2)N=C(c2cccc(Br)c2)N1c1nccs1. The van der Waals surface area contributed by atoms with Crippen molar-refractivity contribution in [3.63, 3.8) is 0 Å². The normalized spacial score (nSPS) is 16.0. The lowest BCUT2D eigenvalue weighted by atomic mass is 10.2. The van der Waals surface area contributed by atoms with Crippen molar-refractivity contribution in [3.8, 4) is 0 Å². The number of rotatable bonds is 3. The molecule has 1 amide bonds. The Morgan fingerprint density at radius 1 is 1.25 bits per heavy atom. The second-order valence-corrected chi connectivity index (χ2v) is 6.73. The predicted molar refractivity (Wildman–Crippen MR) is 97.0 cm³/mol. The molecule has 7 heteroatoms. The van der Waals surface area contributed by atoms with Gasteiger partial charge in [0.25, 0.3) is 5.91 Å². The Morgan fingerprint density at radius 2 is 2.17 bits per heavy atom. The Hall–Kier alpha value is -2.51. The lowest BCUT2D eigenvalue weighted by Gasteiger charge is -2.15. The number of hydrogen-bond acceptors (Lipinski definition) is 5. The number of hydrogen-bond donors (Lipinski definition) is 0. The maximum absolute atomic E-state index is 12.9. The van der Waals surface area contributed by atoms with Crippen molar-refractivity contribution in [2.45, 2.75) is 0 Å². The molecule has 118 valence electrons. The zero-order chi connectivity index (χ0) is 16.5. The smallest absolute Gasteiger partial charge is 0.284 e. The highest BCUT2D eigenvalue weighted by Crippen LogP contribution is 2.29. The van der Waals surface area contributed by atoms with E-state index in [0.717, 1.165) is 10.0 Å². The van der Waals surface area contributed by atoms with Crippen LogP contribution in [0.15, 0.2) is 73.8 Å². The third-order valence-corrected chi connectivity index (χ3v) is 4.63. The number of thiazole rings is 1. The average molecular weight is 400 g/mol. The number of carbonyl (C=O) groups is 1. The summed E-state index contributed by atoms with van der Waals surface area (Å²) in [6.07, 6.45) is 4.86. The molecule has 0 N–H and O–H groups in total. The molecule has 3 aromatic rings. The minimum atomic E-state index is -0.226. The van der Waals surface area contributed by atoms with Crippen LogP contribution in [0.1, 0.15) is 11.3 Å². The van der Waals surface area contributed by atoms with Gasteiger partial charge in [0.15, 0.2) is 5.13 Å². The Labute approximate surface area is 150 Å². The quantitative estimate of drug-likeness (QED) is 0.615. The van der Waals surface area contributed by atoms with Gasteiger partial charge in [-0.25, -0.2) is 14.9 Å².